The van der Waals surface area contributed by atoms with Crippen molar-refractivity contribution in [2.24, 2.45) is 0 Å². The first-order valence-electron chi connectivity index (χ1n) is 9.72. The lowest BCUT2D eigenvalue weighted by Crippen LogP contribution is -2.11. The first-order chi connectivity index (χ1) is 14.9. The number of imidazole rings is 1. The molecule has 1 amide bonds. The van der Waals surface area contributed by atoms with E-state index in [9.17, 15) is 14.9 Å². The molecule has 1 heterocycles. The maximum Gasteiger partial charge on any atom is 0.269 e. The number of amides is 1. The quantitative estimate of drug-likeness (QED) is 0.332. The number of benzene rings is 3. The Morgan fingerprint density at radius 3 is 2.42 bits per heavy atom. The molecule has 1 aromatic heterocycles. The van der Waals surface area contributed by atoms with Crippen LogP contribution in [0.2, 0.25) is 0 Å². The topological polar surface area (TPSA) is 110 Å². The fourth-order valence-corrected chi connectivity index (χ4v) is 3.13. The zero-order valence-electron chi connectivity index (χ0n) is 17.0. The number of fused-ring (bicyclic) bond motifs is 1. The molecule has 0 spiro atoms. The second kappa shape index (κ2) is 8.27. The number of carbonyl (C=O) groups excluding carboxylic acids is 1. The molecule has 8 heteroatoms. The van der Waals surface area contributed by atoms with Crippen LogP contribution in [0.3, 0.4) is 0 Å². The number of non-ortho nitro benzene ring substituents is 1. The Kier molecular flexibility index (Phi) is 5.36. The molecule has 0 aliphatic rings. The number of aromatic nitrogens is 2. The number of ether oxygens (including phenoxy) is 1. The van der Waals surface area contributed by atoms with Gasteiger partial charge in [-0.3, -0.25) is 14.9 Å². The summed E-state index contributed by atoms with van der Waals surface area (Å²) in [7, 11) is 0. The van der Waals surface area contributed by atoms with Crippen LogP contribution in [0.4, 0.5) is 11.4 Å². The Morgan fingerprint density at radius 2 is 1.77 bits per heavy atom. The van der Waals surface area contributed by atoms with Gasteiger partial charge in [0.15, 0.2) is 0 Å². The lowest BCUT2D eigenvalue weighted by Gasteiger charge is -2.09. The van der Waals surface area contributed by atoms with Crippen LogP contribution in [0, 0.1) is 10.1 Å². The number of nitrogens with one attached hydrogen (secondary N) is 2. The average molecular weight is 416 g/mol. The van der Waals surface area contributed by atoms with Crippen molar-refractivity contribution >= 4 is 28.3 Å². The molecule has 0 saturated carbocycles. The number of H-pyrrole nitrogens is 1. The van der Waals surface area contributed by atoms with Gasteiger partial charge in [0.1, 0.15) is 11.6 Å². The molecule has 0 unspecified atom stereocenters. The average Bonchev–Trinajstić information content (AvgIpc) is 3.17. The van der Waals surface area contributed by atoms with Crippen molar-refractivity contribution in [2.45, 2.75) is 20.0 Å². The largest absolute Gasteiger partial charge is 0.491 e. The van der Waals surface area contributed by atoms with Gasteiger partial charge >= 0.3 is 0 Å². The Hall–Kier alpha value is -4.20. The van der Waals surface area contributed by atoms with E-state index in [0.29, 0.717) is 17.1 Å². The van der Waals surface area contributed by atoms with E-state index in [1.165, 1.54) is 24.3 Å². The van der Waals surface area contributed by atoms with Crippen LogP contribution in [-0.2, 0) is 0 Å². The maximum absolute atomic E-state index is 12.4. The van der Waals surface area contributed by atoms with Crippen molar-refractivity contribution in [3.63, 3.8) is 0 Å². The van der Waals surface area contributed by atoms with Crippen molar-refractivity contribution in [3.05, 3.63) is 82.4 Å². The number of hydrogen-bond donors (Lipinski definition) is 2. The summed E-state index contributed by atoms with van der Waals surface area (Å²) in [5, 5.41) is 13.6. The molecule has 8 nitrogen and oxygen atoms in total. The van der Waals surface area contributed by atoms with E-state index >= 15 is 0 Å². The predicted octanol–water partition coefficient (Wildman–Crippen LogP) is 5.18. The summed E-state index contributed by atoms with van der Waals surface area (Å²) in [6, 6.07) is 18.5. The molecule has 4 rings (SSSR count). The van der Waals surface area contributed by atoms with E-state index in [2.05, 4.69) is 15.3 Å². The second-order valence-corrected chi connectivity index (χ2v) is 7.27. The van der Waals surface area contributed by atoms with E-state index in [0.717, 1.165) is 22.3 Å². The summed E-state index contributed by atoms with van der Waals surface area (Å²) in [6.07, 6.45) is 0.108. The summed E-state index contributed by atoms with van der Waals surface area (Å²) >= 11 is 0. The zero-order chi connectivity index (χ0) is 22.0. The molecule has 156 valence electrons. The number of nitrogens with zero attached hydrogens (tertiary/aromatic N) is 2. The minimum atomic E-state index is -0.504. The number of hydrogen-bond acceptors (Lipinski definition) is 5. The van der Waals surface area contributed by atoms with Crippen LogP contribution < -0.4 is 10.1 Å². The molecular weight excluding hydrogens is 396 g/mol. The highest BCUT2D eigenvalue weighted by molar-refractivity contribution is 6.05. The van der Waals surface area contributed by atoms with Gasteiger partial charge in [-0.15, -0.1) is 0 Å². The van der Waals surface area contributed by atoms with Gasteiger partial charge in [0, 0.05) is 28.9 Å². The van der Waals surface area contributed by atoms with Crippen LogP contribution in [0.5, 0.6) is 5.75 Å². The van der Waals surface area contributed by atoms with Gasteiger partial charge in [-0.05, 0) is 68.4 Å². The number of anilines is 1. The molecule has 3 aromatic carbocycles. The Morgan fingerprint density at radius 1 is 1.06 bits per heavy atom. The molecule has 4 aromatic rings. The maximum atomic E-state index is 12.4. The molecule has 31 heavy (non-hydrogen) atoms. The zero-order valence-corrected chi connectivity index (χ0v) is 17.0. The van der Waals surface area contributed by atoms with Crippen molar-refractivity contribution in [1.29, 1.82) is 0 Å². The van der Waals surface area contributed by atoms with Gasteiger partial charge in [-0.1, -0.05) is 0 Å². The minimum absolute atomic E-state index is 0.0632. The minimum Gasteiger partial charge on any atom is -0.491 e. The highest BCUT2D eigenvalue weighted by Gasteiger charge is 2.11. The lowest BCUT2D eigenvalue weighted by molar-refractivity contribution is -0.384. The normalized spacial score (nSPS) is 10.9. The Bertz CT molecular complexity index is 1250. The summed E-state index contributed by atoms with van der Waals surface area (Å²) in [5.41, 5.74) is 3.33. The molecule has 0 fully saturated rings. The molecule has 0 bridgehead atoms. The van der Waals surface area contributed by atoms with Crippen molar-refractivity contribution < 1.29 is 14.5 Å². The lowest BCUT2D eigenvalue weighted by atomic mass is 10.2. The third-order valence-corrected chi connectivity index (χ3v) is 4.58. The smallest absolute Gasteiger partial charge is 0.269 e. The highest BCUT2D eigenvalue weighted by Crippen LogP contribution is 2.25. The van der Waals surface area contributed by atoms with Crippen molar-refractivity contribution in [1.82, 2.24) is 9.97 Å². The standard InChI is InChI=1S/C23H20N4O4/c1-14(2)31-19-10-5-15(6-11-19)22-25-20-12-7-17(13-21(20)26-22)24-23(28)16-3-8-18(9-4-16)27(29)30/h3-14H,1-2H3,(H,24,28)(H,25,26). The van der Waals surface area contributed by atoms with Crippen LogP contribution in [0.25, 0.3) is 22.4 Å². The highest BCUT2D eigenvalue weighted by atomic mass is 16.6. The monoisotopic (exact) mass is 416 g/mol. The van der Waals surface area contributed by atoms with Gasteiger partial charge in [0.2, 0.25) is 0 Å². The second-order valence-electron chi connectivity index (χ2n) is 7.27. The molecule has 0 aliphatic carbocycles. The number of nitro groups is 1. The van der Waals surface area contributed by atoms with Crippen LogP contribution in [-0.4, -0.2) is 26.9 Å². The van der Waals surface area contributed by atoms with Crippen LogP contribution in [0.15, 0.2) is 66.7 Å². The number of nitro benzene ring substituents is 1. The van der Waals surface area contributed by atoms with Gasteiger partial charge in [-0.25, -0.2) is 4.98 Å². The van der Waals surface area contributed by atoms with Crippen LogP contribution >= 0.6 is 0 Å². The number of rotatable bonds is 6. The first kappa shape index (κ1) is 20.1. The summed E-state index contributed by atoms with van der Waals surface area (Å²) in [4.78, 5) is 30.6. The van der Waals surface area contributed by atoms with Crippen molar-refractivity contribution in [3.8, 4) is 17.1 Å². The Labute approximate surface area is 178 Å². The third kappa shape index (κ3) is 4.53. The van der Waals surface area contributed by atoms with Gasteiger partial charge in [-0.2, -0.15) is 0 Å². The fourth-order valence-electron chi connectivity index (χ4n) is 3.13. The molecule has 0 radical (unpaired) electrons. The molecule has 0 aliphatic heterocycles. The van der Waals surface area contributed by atoms with E-state index in [4.69, 9.17) is 4.74 Å². The predicted molar refractivity (Wildman–Crippen MR) is 118 cm³/mol. The van der Waals surface area contributed by atoms with E-state index < -0.39 is 4.92 Å². The van der Waals surface area contributed by atoms with E-state index in [-0.39, 0.29) is 17.7 Å². The summed E-state index contributed by atoms with van der Waals surface area (Å²) in [6.45, 7) is 3.95. The molecule has 0 saturated heterocycles. The fraction of sp³-hybridized carbons (Fsp3) is 0.130. The molecule has 2 N–H and O–H groups in total. The third-order valence-electron chi connectivity index (χ3n) is 4.58. The van der Waals surface area contributed by atoms with Gasteiger partial charge in [0.05, 0.1) is 22.1 Å². The van der Waals surface area contributed by atoms with Gasteiger partial charge < -0.3 is 15.0 Å². The van der Waals surface area contributed by atoms with E-state index in [1.807, 2.05) is 44.2 Å². The van der Waals surface area contributed by atoms with E-state index in [1.54, 1.807) is 12.1 Å². The van der Waals surface area contributed by atoms with Gasteiger partial charge in [0.25, 0.3) is 11.6 Å². The SMILES string of the molecule is CC(C)Oc1ccc(-c2nc3ccc(NC(=O)c4ccc([N+](=O)[O-])cc4)cc3[nH]2)cc1. The molecular formula is C23H20N4O4. The number of aromatic amines is 1. The van der Waals surface area contributed by atoms with Crippen LogP contribution in [0.1, 0.15) is 24.2 Å². The summed E-state index contributed by atoms with van der Waals surface area (Å²) in [5.74, 6) is 1.16. The first-order valence-corrected chi connectivity index (χ1v) is 9.72. The Balaban J connectivity index is 1.52. The van der Waals surface area contributed by atoms with Crippen molar-refractivity contribution in [2.75, 3.05) is 5.32 Å². The summed E-state index contributed by atoms with van der Waals surface area (Å²) < 4.78 is 5.67. The number of carbonyl (C=O) groups is 1. The molecule has 0 atom stereocenters.